The van der Waals surface area contributed by atoms with Gasteiger partial charge in [0.05, 0.1) is 11.3 Å². The van der Waals surface area contributed by atoms with Crippen molar-refractivity contribution in [1.82, 2.24) is 10.2 Å². The summed E-state index contributed by atoms with van der Waals surface area (Å²) in [6.45, 7) is 0. The van der Waals surface area contributed by atoms with Crippen LogP contribution in [0.5, 0.6) is 0 Å². The van der Waals surface area contributed by atoms with Crippen molar-refractivity contribution in [1.29, 1.82) is 0 Å². The van der Waals surface area contributed by atoms with Crippen molar-refractivity contribution in [2.24, 2.45) is 0 Å². The van der Waals surface area contributed by atoms with Gasteiger partial charge in [0.2, 0.25) is 11.0 Å². The molecule has 0 fully saturated rings. The number of para-hydroxylation sites is 1. The molecule has 1 heterocycles. The molecule has 2 aromatic carbocycles. The molecular formula is C17H13FN4O3S2. The molecule has 1 amide bonds. The lowest BCUT2D eigenvalue weighted by molar-refractivity contribution is -0.385. The summed E-state index contributed by atoms with van der Waals surface area (Å²) >= 11 is 2.63. The predicted octanol–water partition coefficient (Wildman–Crippen LogP) is 4.06. The number of benzene rings is 2. The first kappa shape index (κ1) is 18.9. The molecule has 27 heavy (non-hydrogen) atoms. The second kappa shape index (κ2) is 8.69. The van der Waals surface area contributed by atoms with Crippen LogP contribution in [-0.2, 0) is 17.0 Å². The van der Waals surface area contributed by atoms with Crippen molar-refractivity contribution < 1.29 is 14.1 Å². The SMILES string of the molecule is O=C(Cc1ccccc1[N+](=O)[O-])Nc1nnc(SCc2ccc(F)cc2)s1. The number of hydrogen-bond donors (Lipinski definition) is 1. The number of nitro groups is 1. The van der Waals surface area contributed by atoms with Gasteiger partial charge in [0, 0.05) is 17.4 Å². The van der Waals surface area contributed by atoms with E-state index in [0.717, 1.165) is 5.56 Å². The molecule has 0 saturated heterocycles. The van der Waals surface area contributed by atoms with E-state index in [1.165, 1.54) is 41.3 Å². The van der Waals surface area contributed by atoms with Gasteiger partial charge in [-0.25, -0.2) is 4.39 Å². The van der Waals surface area contributed by atoms with Crippen molar-refractivity contribution in [3.05, 3.63) is 75.6 Å². The molecule has 10 heteroatoms. The summed E-state index contributed by atoms with van der Waals surface area (Å²) in [5.74, 6) is -0.0992. The van der Waals surface area contributed by atoms with E-state index in [-0.39, 0.29) is 17.9 Å². The molecule has 0 bridgehead atoms. The number of nitrogens with zero attached hydrogens (tertiary/aromatic N) is 3. The lowest BCUT2D eigenvalue weighted by Gasteiger charge is -2.02. The van der Waals surface area contributed by atoms with Crippen LogP contribution in [0, 0.1) is 15.9 Å². The van der Waals surface area contributed by atoms with Gasteiger partial charge in [-0.1, -0.05) is 53.4 Å². The predicted molar refractivity (Wildman–Crippen MR) is 101 cm³/mol. The van der Waals surface area contributed by atoms with Crippen LogP contribution >= 0.6 is 23.1 Å². The summed E-state index contributed by atoms with van der Waals surface area (Å²) in [5.41, 5.74) is 1.18. The Hall–Kier alpha value is -2.85. The highest BCUT2D eigenvalue weighted by molar-refractivity contribution is 8.00. The third-order valence-corrected chi connectivity index (χ3v) is 5.51. The number of nitrogens with one attached hydrogen (secondary N) is 1. The maximum atomic E-state index is 12.9. The maximum absolute atomic E-state index is 12.9. The fraction of sp³-hybridized carbons (Fsp3) is 0.118. The van der Waals surface area contributed by atoms with Crippen molar-refractivity contribution in [2.75, 3.05) is 5.32 Å². The zero-order valence-corrected chi connectivity index (χ0v) is 15.4. The Bertz CT molecular complexity index is 963. The molecule has 3 aromatic rings. The zero-order chi connectivity index (χ0) is 19.2. The Morgan fingerprint density at radius 3 is 2.67 bits per heavy atom. The summed E-state index contributed by atoms with van der Waals surface area (Å²) in [4.78, 5) is 22.6. The molecule has 3 rings (SSSR count). The average molecular weight is 404 g/mol. The minimum atomic E-state index is -0.516. The summed E-state index contributed by atoms with van der Waals surface area (Å²) in [6.07, 6.45) is -0.130. The van der Waals surface area contributed by atoms with Crippen LogP contribution in [0.25, 0.3) is 0 Å². The number of thioether (sulfide) groups is 1. The highest BCUT2D eigenvalue weighted by atomic mass is 32.2. The second-order valence-electron chi connectivity index (χ2n) is 5.40. The van der Waals surface area contributed by atoms with E-state index < -0.39 is 10.8 Å². The number of nitro benzene ring substituents is 1. The fourth-order valence-electron chi connectivity index (χ4n) is 2.22. The molecule has 0 aliphatic carbocycles. The Kier molecular flexibility index (Phi) is 6.09. The number of hydrogen-bond acceptors (Lipinski definition) is 7. The first-order chi connectivity index (χ1) is 13.0. The van der Waals surface area contributed by atoms with E-state index in [4.69, 9.17) is 0 Å². The molecule has 0 radical (unpaired) electrons. The van der Waals surface area contributed by atoms with E-state index in [9.17, 15) is 19.3 Å². The van der Waals surface area contributed by atoms with Gasteiger partial charge in [-0.15, -0.1) is 10.2 Å². The third kappa shape index (κ3) is 5.31. The summed E-state index contributed by atoms with van der Waals surface area (Å²) in [7, 11) is 0. The van der Waals surface area contributed by atoms with Gasteiger partial charge in [-0.05, 0) is 17.7 Å². The second-order valence-corrected chi connectivity index (χ2v) is 7.60. The Morgan fingerprint density at radius 1 is 1.19 bits per heavy atom. The monoisotopic (exact) mass is 404 g/mol. The number of amides is 1. The average Bonchev–Trinajstić information content (AvgIpc) is 3.08. The van der Waals surface area contributed by atoms with E-state index >= 15 is 0 Å². The molecule has 1 aromatic heterocycles. The molecule has 0 unspecified atom stereocenters. The van der Waals surface area contributed by atoms with Gasteiger partial charge in [0.25, 0.3) is 5.69 Å². The minimum Gasteiger partial charge on any atom is -0.300 e. The molecule has 7 nitrogen and oxygen atoms in total. The van der Waals surface area contributed by atoms with Gasteiger partial charge in [-0.3, -0.25) is 14.9 Å². The number of anilines is 1. The number of carbonyl (C=O) groups excluding carboxylic acids is 1. The number of halogens is 1. The molecule has 0 atom stereocenters. The van der Waals surface area contributed by atoms with Crippen LogP contribution in [0.3, 0.4) is 0 Å². The van der Waals surface area contributed by atoms with Crippen LogP contribution in [0.15, 0.2) is 52.9 Å². The highest BCUT2D eigenvalue weighted by Crippen LogP contribution is 2.28. The normalized spacial score (nSPS) is 10.6. The van der Waals surface area contributed by atoms with E-state index in [0.29, 0.717) is 20.8 Å². The van der Waals surface area contributed by atoms with Crippen LogP contribution in [-0.4, -0.2) is 21.0 Å². The van der Waals surface area contributed by atoms with E-state index in [2.05, 4.69) is 15.5 Å². The van der Waals surface area contributed by atoms with Crippen LogP contribution in [0.4, 0.5) is 15.2 Å². The molecule has 138 valence electrons. The lowest BCUT2D eigenvalue weighted by atomic mass is 10.1. The zero-order valence-electron chi connectivity index (χ0n) is 13.8. The topological polar surface area (TPSA) is 98.0 Å². The highest BCUT2D eigenvalue weighted by Gasteiger charge is 2.16. The summed E-state index contributed by atoms with van der Waals surface area (Å²) in [6, 6.07) is 12.3. The summed E-state index contributed by atoms with van der Waals surface area (Å²) < 4.78 is 13.5. The summed E-state index contributed by atoms with van der Waals surface area (Å²) in [5, 5.41) is 21.8. The van der Waals surface area contributed by atoms with Crippen LogP contribution in [0.1, 0.15) is 11.1 Å². The molecule has 0 spiro atoms. The van der Waals surface area contributed by atoms with Crippen molar-refractivity contribution >= 4 is 39.8 Å². The standard InChI is InChI=1S/C17H13FN4O3S2/c18-13-7-5-11(6-8-13)10-26-17-21-20-16(27-17)19-15(23)9-12-3-1-2-4-14(12)22(24)25/h1-8H,9-10H2,(H,19,20,23). The number of rotatable bonds is 7. The molecule has 1 N–H and O–H groups in total. The molecule has 0 aliphatic heterocycles. The Morgan fingerprint density at radius 2 is 1.93 bits per heavy atom. The van der Waals surface area contributed by atoms with Gasteiger partial charge in [0.1, 0.15) is 5.82 Å². The minimum absolute atomic E-state index is 0.0968. The van der Waals surface area contributed by atoms with Crippen LogP contribution < -0.4 is 5.32 Å². The molecule has 0 saturated carbocycles. The number of carbonyl (C=O) groups is 1. The van der Waals surface area contributed by atoms with Crippen molar-refractivity contribution in [2.45, 2.75) is 16.5 Å². The first-order valence-corrected chi connectivity index (χ1v) is 9.54. The van der Waals surface area contributed by atoms with E-state index in [1.54, 1.807) is 30.3 Å². The Balaban J connectivity index is 1.56. The third-order valence-electron chi connectivity index (χ3n) is 3.47. The van der Waals surface area contributed by atoms with E-state index in [1.807, 2.05) is 0 Å². The smallest absolute Gasteiger partial charge is 0.273 e. The van der Waals surface area contributed by atoms with Crippen LogP contribution in [0.2, 0.25) is 0 Å². The lowest BCUT2D eigenvalue weighted by Crippen LogP contribution is -2.15. The van der Waals surface area contributed by atoms with Gasteiger partial charge in [0.15, 0.2) is 4.34 Å². The maximum Gasteiger partial charge on any atom is 0.273 e. The first-order valence-electron chi connectivity index (χ1n) is 7.74. The van der Waals surface area contributed by atoms with Crippen molar-refractivity contribution in [3.8, 4) is 0 Å². The van der Waals surface area contributed by atoms with Gasteiger partial charge >= 0.3 is 0 Å². The quantitative estimate of drug-likeness (QED) is 0.276. The van der Waals surface area contributed by atoms with Gasteiger partial charge in [-0.2, -0.15) is 0 Å². The molecule has 0 aliphatic rings. The van der Waals surface area contributed by atoms with Gasteiger partial charge < -0.3 is 5.32 Å². The molecular weight excluding hydrogens is 391 g/mol. The largest absolute Gasteiger partial charge is 0.300 e. The van der Waals surface area contributed by atoms with Crippen molar-refractivity contribution in [3.63, 3.8) is 0 Å². The Labute approximate surface area is 161 Å². The number of aromatic nitrogens is 2. The fourth-order valence-corrected chi connectivity index (χ4v) is 3.94.